The predicted octanol–water partition coefficient (Wildman–Crippen LogP) is 2.89. The van der Waals surface area contributed by atoms with Crippen LogP contribution in [0.5, 0.6) is 0 Å². The maximum Gasteiger partial charge on any atom is 0.280 e. The van der Waals surface area contributed by atoms with Crippen LogP contribution < -0.4 is 10.9 Å². The van der Waals surface area contributed by atoms with Crippen molar-refractivity contribution in [2.75, 3.05) is 5.75 Å². The van der Waals surface area contributed by atoms with Crippen LogP contribution in [0.15, 0.2) is 34.2 Å². The number of fused-ring (bicyclic) bond motifs is 1. The number of carbonyl (C=O) groups is 1. The standard InChI is InChI=1S/C21H27N5O2S/c1-6-26-19-18(15(5)24-26)23-21(29-12-17(27)22-13(2)3)25(20(19)28)11-16-9-7-14(4)8-10-16/h7-10,13H,6,11-12H2,1-5H3,(H,22,27). The predicted molar refractivity (Wildman–Crippen MR) is 116 cm³/mol. The molecular formula is C21H27N5O2S. The maximum atomic E-state index is 13.4. The molecule has 0 spiro atoms. The molecule has 0 aliphatic carbocycles. The number of aromatic nitrogens is 4. The van der Waals surface area contributed by atoms with Gasteiger partial charge in [0.25, 0.3) is 5.56 Å². The molecule has 1 aromatic carbocycles. The fourth-order valence-electron chi connectivity index (χ4n) is 3.14. The molecule has 29 heavy (non-hydrogen) atoms. The molecule has 0 fully saturated rings. The number of rotatable bonds is 7. The summed E-state index contributed by atoms with van der Waals surface area (Å²) in [6, 6.07) is 8.13. The highest BCUT2D eigenvalue weighted by Crippen LogP contribution is 2.21. The number of hydrogen-bond donors (Lipinski definition) is 1. The summed E-state index contributed by atoms with van der Waals surface area (Å²) in [4.78, 5) is 30.3. The van der Waals surface area contributed by atoms with Crippen molar-refractivity contribution < 1.29 is 4.79 Å². The lowest BCUT2D eigenvalue weighted by Crippen LogP contribution is -2.32. The number of benzene rings is 1. The summed E-state index contributed by atoms with van der Waals surface area (Å²) < 4.78 is 3.35. The summed E-state index contributed by atoms with van der Waals surface area (Å²) in [6.45, 7) is 10.7. The zero-order valence-electron chi connectivity index (χ0n) is 17.5. The lowest BCUT2D eigenvalue weighted by Gasteiger charge is -2.13. The molecular weight excluding hydrogens is 386 g/mol. The van der Waals surface area contributed by atoms with Gasteiger partial charge in [-0.25, -0.2) is 4.98 Å². The highest BCUT2D eigenvalue weighted by molar-refractivity contribution is 7.99. The average molecular weight is 414 g/mol. The van der Waals surface area contributed by atoms with E-state index in [1.807, 2.05) is 58.9 Å². The van der Waals surface area contributed by atoms with Crippen LogP contribution in [-0.2, 0) is 17.9 Å². The second kappa shape index (κ2) is 8.82. The molecule has 0 radical (unpaired) electrons. The van der Waals surface area contributed by atoms with Crippen LogP contribution in [0.2, 0.25) is 0 Å². The molecule has 7 nitrogen and oxygen atoms in total. The van der Waals surface area contributed by atoms with Gasteiger partial charge in [0.1, 0.15) is 5.52 Å². The van der Waals surface area contributed by atoms with E-state index in [0.717, 1.165) is 16.8 Å². The van der Waals surface area contributed by atoms with Crippen molar-refractivity contribution in [2.45, 2.75) is 58.9 Å². The number of amides is 1. The van der Waals surface area contributed by atoms with Gasteiger partial charge >= 0.3 is 0 Å². The SMILES string of the molecule is CCn1nc(C)c2nc(SCC(=O)NC(C)C)n(Cc3ccc(C)cc3)c(=O)c21. The number of aryl methyl sites for hydroxylation is 3. The third kappa shape index (κ3) is 4.70. The summed E-state index contributed by atoms with van der Waals surface area (Å²) in [5.41, 5.74) is 3.86. The van der Waals surface area contributed by atoms with Gasteiger partial charge in [-0.05, 0) is 40.2 Å². The average Bonchev–Trinajstić information content (AvgIpc) is 2.99. The van der Waals surface area contributed by atoms with Gasteiger partial charge in [0.05, 0.1) is 18.0 Å². The Hall–Kier alpha value is -2.61. The van der Waals surface area contributed by atoms with Crippen molar-refractivity contribution >= 4 is 28.7 Å². The minimum absolute atomic E-state index is 0.0679. The first-order chi connectivity index (χ1) is 13.8. The topological polar surface area (TPSA) is 81.8 Å². The first-order valence-corrected chi connectivity index (χ1v) is 10.7. The molecule has 0 saturated carbocycles. The smallest absolute Gasteiger partial charge is 0.280 e. The monoisotopic (exact) mass is 413 g/mol. The normalized spacial score (nSPS) is 11.4. The Labute approximate surface area is 174 Å². The Morgan fingerprint density at radius 2 is 1.90 bits per heavy atom. The fraction of sp³-hybridized carbons (Fsp3) is 0.429. The molecule has 0 saturated heterocycles. The Kier molecular flexibility index (Phi) is 6.42. The number of carbonyl (C=O) groups excluding carboxylic acids is 1. The number of nitrogens with one attached hydrogen (secondary N) is 1. The Balaban J connectivity index is 2.06. The molecule has 0 atom stereocenters. The largest absolute Gasteiger partial charge is 0.353 e. The molecule has 0 aliphatic heterocycles. The molecule has 1 N–H and O–H groups in total. The summed E-state index contributed by atoms with van der Waals surface area (Å²) in [7, 11) is 0. The molecule has 0 unspecified atom stereocenters. The first kappa shape index (κ1) is 21.1. The molecule has 2 heterocycles. The molecule has 8 heteroatoms. The lowest BCUT2D eigenvalue weighted by atomic mass is 10.1. The van der Waals surface area contributed by atoms with Crippen molar-refractivity contribution in [1.82, 2.24) is 24.6 Å². The third-order valence-electron chi connectivity index (χ3n) is 4.52. The molecule has 1 amide bonds. The lowest BCUT2D eigenvalue weighted by molar-refractivity contribution is -0.119. The van der Waals surface area contributed by atoms with E-state index in [4.69, 9.17) is 4.98 Å². The summed E-state index contributed by atoms with van der Waals surface area (Å²) in [6.07, 6.45) is 0. The highest BCUT2D eigenvalue weighted by Gasteiger charge is 2.19. The fourth-order valence-corrected chi connectivity index (χ4v) is 3.94. The highest BCUT2D eigenvalue weighted by atomic mass is 32.2. The Morgan fingerprint density at radius 1 is 1.21 bits per heavy atom. The molecule has 0 bridgehead atoms. The van der Waals surface area contributed by atoms with Gasteiger partial charge in [0.15, 0.2) is 10.7 Å². The Bertz CT molecular complexity index is 1080. The van der Waals surface area contributed by atoms with Gasteiger partial charge < -0.3 is 5.32 Å². The molecule has 154 valence electrons. The van der Waals surface area contributed by atoms with Crippen LogP contribution in [0.3, 0.4) is 0 Å². The summed E-state index contributed by atoms with van der Waals surface area (Å²) >= 11 is 1.28. The van der Waals surface area contributed by atoms with E-state index in [0.29, 0.717) is 29.3 Å². The van der Waals surface area contributed by atoms with E-state index >= 15 is 0 Å². The van der Waals surface area contributed by atoms with Crippen molar-refractivity contribution in [1.29, 1.82) is 0 Å². The van der Waals surface area contributed by atoms with Crippen molar-refractivity contribution in [2.24, 2.45) is 0 Å². The first-order valence-electron chi connectivity index (χ1n) is 9.75. The minimum Gasteiger partial charge on any atom is -0.353 e. The van der Waals surface area contributed by atoms with Crippen LogP contribution in [0.4, 0.5) is 0 Å². The molecule has 3 aromatic rings. The summed E-state index contributed by atoms with van der Waals surface area (Å²) in [5, 5.41) is 7.86. The maximum absolute atomic E-state index is 13.4. The molecule has 3 rings (SSSR count). The Morgan fingerprint density at radius 3 is 2.52 bits per heavy atom. The van der Waals surface area contributed by atoms with Gasteiger partial charge in [-0.3, -0.25) is 18.8 Å². The van der Waals surface area contributed by atoms with Crippen LogP contribution >= 0.6 is 11.8 Å². The quantitative estimate of drug-likeness (QED) is 0.476. The number of thioether (sulfide) groups is 1. The molecule has 2 aromatic heterocycles. The number of nitrogens with zero attached hydrogens (tertiary/aromatic N) is 4. The van der Waals surface area contributed by atoms with Gasteiger partial charge in [-0.1, -0.05) is 41.6 Å². The van der Waals surface area contributed by atoms with Crippen molar-refractivity contribution in [3.8, 4) is 0 Å². The van der Waals surface area contributed by atoms with E-state index in [-0.39, 0.29) is 23.3 Å². The zero-order chi connectivity index (χ0) is 21.1. The number of hydrogen-bond acceptors (Lipinski definition) is 5. The van der Waals surface area contributed by atoms with Gasteiger partial charge in [-0.15, -0.1) is 0 Å². The minimum atomic E-state index is -0.134. The molecule has 0 aliphatic rings. The van der Waals surface area contributed by atoms with E-state index in [9.17, 15) is 9.59 Å². The van der Waals surface area contributed by atoms with Crippen LogP contribution in [-0.4, -0.2) is 37.0 Å². The van der Waals surface area contributed by atoms with E-state index in [1.54, 1.807) is 9.25 Å². The van der Waals surface area contributed by atoms with Crippen LogP contribution in [0, 0.1) is 13.8 Å². The van der Waals surface area contributed by atoms with Gasteiger partial charge in [0.2, 0.25) is 5.91 Å². The third-order valence-corrected chi connectivity index (χ3v) is 5.50. The van der Waals surface area contributed by atoms with E-state index in [1.165, 1.54) is 11.8 Å². The van der Waals surface area contributed by atoms with Crippen LogP contribution in [0.25, 0.3) is 11.0 Å². The van der Waals surface area contributed by atoms with Gasteiger partial charge in [-0.2, -0.15) is 5.10 Å². The van der Waals surface area contributed by atoms with Crippen molar-refractivity contribution in [3.05, 3.63) is 51.4 Å². The summed E-state index contributed by atoms with van der Waals surface area (Å²) in [5.74, 6) is 0.118. The van der Waals surface area contributed by atoms with Gasteiger partial charge in [0, 0.05) is 12.6 Å². The van der Waals surface area contributed by atoms with Crippen molar-refractivity contribution in [3.63, 3.8) is 0 Å². The second-order valence-corrected chi connectivity index (χ2v) is 8.32. The van der Waals surface area contributed by atoms with E-state index < -0.39 is 0 Å². The van der Waals surface area contributed by atoms with Crippen LogP contribution in [0.1, 0.15) is 37.6 Å². The second-order valence-electron chi connectivity index (χ2n) is 7.38. The van der Waals surface area contributed by atoms with E-state index in [2.05, 4.69) is 10.4 Å². The zero-order valence-corrected chi connectivity index (χ0v) is 18.3.